The Kier molecular flexibility index (Phi) is 7.70. The summed E-state index contributed by atoms with van der Waals surface area (Å²) in [7, 11) is -3.70. The largest absolute Gasteiger partial charge is 0.330 e. The minimum atomic E-state index is -3.70. The van der Waals surface area contributed by atoms with E-state index in [-0.39, 0.29) is 11.3 Å². The third-order valence-corrected chi connectivity index (χ3v) is 6.78. The first-order chi connectivity index (χ1) is 12.5. The fourth-order valence-corrected chi connectivity index (χ4v) is 5.11. The molecule has 0 radical (unpaired) electrons. The van der Waals surface area contributed by atoms with E-state index in [2.05, 4.69) is 5.92 Å². The molecule has 6 heteroatoms. The van der Waals surface area contributed by atoms with Gasteiger partial charge in [0, 0.05) is 12.2 Å². The molecule has 0 amide bonds. The van der Waals surface area contributed by atoms with E-state index in [1.54, 1.807) is 36.4 Å². The monoisotopic (exact) mass is 392 g/mol. The molecule has 2 aromatic carbocycles. The number of hydrogen-bond acceptors (Lipinski definition) is 4. The predicted octanol–water partition coefficient (Wildman–Crippen LogP) is 4.89. The van der Waals surface area contributed by atoms with Crippen molar-refractivity contribution in [1.29, 1.82) is 0 Å². The Labute approximate surface area is 158 Å². The van der Waals surface area contributed by atoms with Crippen molar-refractivity contribution in [2.24, 2.45) is 0 Å². The van der Waals surface area contributed by atoms with Crippen LogP contribution in [0.5, 0.6) is 0 Å². The van der Waals surface area contributed by atoms with Crippen molar-refractivity contribution < 1.29 is 17.4 Å². The lowest BCUT2D eigenvalue weighted by atomic mass is 9.98. The molecule has 2 rings (SSSR count). The van der Waals surface area contributed by atoms with Crippen LogP contribution in [0.2, 0.25) is 0 Å². The van der Waals surface area contributed by atoms with Gasteiger partial charge in [0.15, 0.2) is 9.84 Å². The first-order valence-corrected chi connectivity index (χ1v) is 10.8. The molecule has 138 valence electrons. The van der Waals surface area contributed by atoms with Crippen molar-refractivity contribution in [1.82, 2.24) is 0 Å². The molecule has 2 aromatic rings. The quantitative estimate of drug-likeness (QED) is 0.375. The van der Waals surface area contributed by atoms with Crippen molar-refractivity contribution in [2.75, 3.05) is 5.75 Å². The van der Waals surface area contributed by atoms with Crippen LogP contribution in [0.4, 0.5) is 4.39 Å². The lowest BCUT2D eigenvalue weighted by molar-refractivity contribution is 0.565. The van der Waals surface area contributed by atoms with E-state index in [1.807, 2.05) is 0 Å². The third kappa shape index (κ3) is 5.10. The molecule has 3 nitrogen and oxygen atoms in total. The molecule has 0 fully saturated rings. The Morgan fingerprint density at radius 1 is 1.15 bits per heavy atom. The fourth-order valence-electron chi connectivity index (χ4n) is 2.89. The minimum absolute atomic E-state index is 0.206. The maximum atomic E-state index is 13.9. The van der Waals surface area contributed by atoms with Gasteiger partial charge in [-0.05, 0) is 60.3 Å². The summed E-state index contributed by atoms with van der Waals surface area (Å²) < 4.78 is 49.2. The highest BCUT2D eigenvalue weighted by molar-refractivity contribution is 7.93. The first kappa shape index (κ1) is 20.5. The summed E-state index contributed by atoms with van der Waals surface area (Å²) >= 11 is 0.731. The summed E-state index contributed by atoms with van der Waals surface area (Å²) in [5.74, 6) is 2.55. The minimum Gasteiger partial charge on any atom is -0.330 e. The second-order valence-corrected chi connectivity index (χ2v) is 8.70. The van der Waals surface area contributed by atoms with Gasteiger partial charge in [0.2, 0.25) is 0 Å². The molecular formula is C20H21FO3S2. The molecule has 0 spiro atoms. The average molecular weight is 393 g/mol. The number of terminal acetylenes is 1. The number of hydrogen-bond donors (Lipinski definition) is 1. The van der Waals surface area contributed by atoms with Gasteiger partial charge in [-0.25, -0.2) is 12.8 Å². The summed E-state index contributed by atoms with van der Waals surface area (Å²) in [4.78, 5) is 0.206. The molecule has 0 aromatic heterocycles. The maximum absolute atomic E-state index is 13.9. The molecule has 0 saturated carbocycles. The summed E-state index contributed by atoms with van der Waals surface area (Å²) in [6.45, 7) is 0. The second kappa shape index (κ2) is 9.77. The van der Waals surface area contributed by atoms with Gasteiger partial charge in [0.25, 0.3) is 0 Å². The summed E-state index contributed by atoms with van der Waals surface area (Å²) in [5, 5.41) is -0.882. The SMILES string of the molecule is C#CCc1ccc(F)cc1C(CCCCSO)S(=O)(=O)c1ccccc1. The van der Waals surface area contributed by atoms with Gasteiger partial charge in [0.1, 0.15) is 5.82 Å². The number of rotatable bonds is 9. The predicted molar refractivity (Wildman–Crippen MR) is 104 cm³/mol. The maximum Gasteiger partial charge on any atom is 0.185 e. The zero-order chi connectivity index (χ0) is 19.0. The van der Waals surface area contributed by atoms with E-state index in [1.165, 1.54) is 12.1 Å². The topological polar surface area (TPSA) is 54.4 Å². The molecule has 1 atom stereocenters. The van der Waals surface area contributed by atoms with Crippen LogP contribution in [0, 0.1) is 18.2 Å². The Balaban J connectivity index is 2.48. The van der Waals surface area contributed by atoms with Crippen LogP contribution in [-0.2, 0) is 16.3 Å². The third-order valence-electron chi connectivity index (χ3n) is 4.15. The Bertz CT molecular complexity index is 858. The summed E-state index contributed by atoms with van der Waals surface area (Å²) in [5.41, 5.74) is 1.07. The normalized spacial score (nSPS) is 12.5. The molecule has 0 bridgehead atoms. The van der Waals surface area contributed by atoms with E-state index in [0.717, 1.165) is 12.0 Å². The number of benzene rings is 2. The number of sulfone groups is 1. The van der Waals surface area contributed by atoms with E-state index < -0.39 is 20.9 Å². The average Bonchev–Trinajstić information content (AvgIpc) is 2.64. The lowest BCUT2D eigenvalue weighted by Crippen LogP contribution is -2.16. The molecule has 0 aliphatic heterocycles. The van der Waals surface area contributed by atoms with Crippen LogP contribution in [0.3, 0.4) is 0 Å². The molecule has 0 aliphatic rings. The molecular weight excluding hydrogens is 371 g/mol. The van der Waals surface area contributed by atoms with Crippen molar-refractivity contribution in [3.63, 3.8) is 0 Å². The Morgan fingerprint density at radius 3 is 2.54 bits per heavy atom. The van der Waals surface area contributed by atoms with Gasteiger partial charge in [-0.2, -0.15) is 0 Å². The zero-order valence-electron chi connectivity index (χ0n) is 14.3. The van der Waals surface area contributed by atoms with Crippen molar-refractivity contribution in [3.8, 4) is 12.3 Å². The summed E-state index contributed by atoms with van der Waals surface area (Å²) in [6.07, 6.45) is 7.24. The molecule has 0 aliphatic carbocycles. The first-order valence-electron chi connectivity index (χ1n) is 8.27. The molecule has 26 heavy (non-hydrogen) atoms. The van der Waals surface area contributed by atoms with Gasteiger partial charge in [-0.1, -0.05) is 30.7 Å². The second-order valence-electron chi connectivity index (χ2n) is 5.90. The Hall–Kier alpha value is -1.81. The molecule has 0 heterocycles. The standard InChI is InChI=1S/C20H21FO3S2/c1-2-8-16-12-13-17(21)15-19(16)20(11-6-7-14-25-22)26(23,24)18-9-4-3-5-10-18/h1,3-5,9-10,12-13,15,20,22H,6-8,11,14H2. The van der Waals surface area contributed by atoms with Crippen LogP contribution in [0.15, 0.2) is 53.4 Å². The molecule has 1 N–H and O–H groups in total. The van der Waals surface area contributed by atoms with E-state index >= 15 is 0 Å². The Morgan fingerprint density at radius 2 is 1.88 bits per heavy atom. The number of halogens is 1. The lowest BCUT2D eigenvalue weighted by Gasteiger charge is -2.21. The van der Waals surface area contributed by atoms with Crippen LogP contribution in [0.25, 0.3) is 0 Å². The van der Waals surface area contributed by atoms with Gasteiger partial charge in [-0.3, -0.25) is 0 Å². The van der Waals surface area contributed by atoms with Crippen LogP contribution < -0.4 is 0 Å². The number of unbranched alkanes of at least 4 members (excludes halogenated alkanes) is 1. The summed E-state index contributed by atoms with van der Waals surface area (Å²) in [6, 6.07) is 12.3. The van der Waals surface area contributed by atoms with Crippen LogP contribution >= 0.6 is 12.0 Å². The van der Waals surface area contributed by atoms with Crippen molar-refractivity contribution in [2.45, 2.75) is 35.8 Å². The highest BCUT2D eigenvalue weighted by Crippen LogP contribution is 2.35. The van der Waals surface area contributed by atoms with E-state index in [0.29, 0.717) is 36.1 Å². The fraction of sp³-hybridized carbons (Fsp3) is 0.300. The molecule has 1 unspecified atom stereocenters. The highest BCUT2D eigenvalue weighted by Gasteiger charge is 2.30. The van der Waals surface area contributed by atoms with Gasteiger partial charge in [0.05, 0.1) is 10.1 Å². The van der Waals surface area contributed by atoms with Gasteiger partial charge >= 0.3 is 0 Å². The van der Waals surface area contributed by atoms with Crippen LogP contribution in [0.1, 0.15) is 35.6 Å². The smallest absolute Gasteiger partial charge is 0.185 e. The van der Waals surface area contributed by atoms with Crippen molar-refractivity contribution in [3.05, 3.63) is 65.5 Å². The van der Waals surface area contributed by atoms with Gasteiger partial charge in [-0.15, -0.1) is 12.3 Å². The zero-order valence-corrected chi connectivity index (χ0v) is 15.9. The van der Waals surface area contributed by atoms with E-state index in [4.69, 9.17) is 11.0 Å². The van der Waals surface area contributed by atoms with Gasteiger partial charge < -0.3 is 4.55 Å². The molecule has 0 saturated heterocycles. The highest BCUT2D eigenvalue weighted by atomic mass is 32.2. The van der Waals surface area contributed by atoms with Crippen molar-refractivity contribution >= 4 is 21.9 Å². The van der Waals surface area contributed by atoms with Crippen LogP contribution in [-0.4, -0.2) is 18.7 Å². The van der Waals surface area contributed by atoms with E-state index in [9.17, 15) is 12.8 Å².